The van der Waals surface area contributed by atoms with Crippen molar-refractivity contribution in [2.45, 2.75) is 96.4 Å². The highest BCUT2D eigenvalue weighted by molar-refractivity contribution is 6.00. The summed E-state index contributed by atoms with van der Waals surface area (Å²) in [5.74, 6) is 0.179. The van der Waals surface area contributed by atoms with E-state index in [-0.39, 0.29) is 48.2 Å². The number of nitrogens with zero attached hydrogens (tertiary/aromatic N) is 3. The minimum atomic E-state index is -0.701. The van der Waals surface area contributed by atoms with E-state index in [0.717, 1.165) is 51.6 Å². The van der Waals surface area contributed by atoms with Crippen LogP contribution in [0.1, 0.15) is 100 Å². The van der Waals surface area contributed by atoms with Gasteiger partial charge in [0.05, 0.1) is 31.1 Å². The van der Waals surface area contributed by atoms with Gasteiger partial charge in [0, 0.05) is 43.0 Å². The van der Waals surface area contributed by atoms with Gasteiger partial charge in [0.25, 0.3) is 0 Å². The third kappa shape index (κ3) is 9.85. The molecule has 2 aliphatic rings. The summed E-state index contributed by atoms with van der Waals surface area (Å²) < 4.78 is 10.4. The lowest BCUT2D eigenvalue weighted by atomic mass is 9.93. The minimum Gasteiger partial charge on any atom is -0.453 e. The lowest BCUT2D eigenvalue weighted by Gasteiger charge is -2.30. The highest BCUT2D eigenvalue weighted by atomic mass is 16.6. The molecule has 2 saturated heterocycles. The molecule has 1 aromatic heterocycles. The number of carbonyl (C=O) groups is 5. The second-order valence-electron chi connectivity index (χ2n) is 17.5. The molecule has 2 fully saturated rings. The van der Waals surface area contributed by atoms with Crippen LogP contribution in [0.25, 0.3) is 33.2 Å². The molecule has 0 saturated carbocycles. The van der Waals surface area contributed by atoms with Gasteiger partial charge in [0.1, 0.15) is 17.5 Å². The monoisotopic (exact) mass is 825 g/mol. The zero-order chi connectivity index (χ0) is 43.4. The molecule has 0 aliphatic carbocycles. The molecule has 4 atom stereocenters. The van der Waals surface area contributed by atoms with Gasteiger partial charge in [-0.25, -0.2) is 14.6 Å². The fourth-order valence-corrected chi connectivity index (χ4v) is 8.46. The van der Waals surface area contributed by atoms with Crippen LogP contribution in [-0.2, 0) is 19.1 Å². The van der Waals surface area contributed by atoms with Crippen molar-refractivity contribution in [1.82, 2.24) is 25.1 Å². The van der Waals surface area contributed by atoms with E-state index in [0.29, 0.717) is 30.9 Å². The van der Waals surface area contributed by atoms with Crippen LogP contribution in [0.4, 0.5) is 9.59 Å². The van der Waals surface area contributed by atoms with Gasteiger partial charge in [-0.2, -0.15) is 0 Å². The molecule has 0 bridgehead atoms. The molecule has 3 amide bonds. The van der Waals surface area contributed by atoms with Crippen molar-refractivity contribution in [3.05, 3.63) is 114 Å². The van der Waals surface area contributed by atoms with E-state index in [4.69, 9.17) is 14.5 Å². The Hall–Kier alpha value is -6.30. The fourth-order valence-electron chi connectivity index (χ4n) is 8.46. The number of H-pyrrole nitrogens is 1. The number of alkyl carbamates (subject to hydrolysis) is 1. The molecule has 5 aromatic rings. The Morgan fingerprint density at radius 3 is 2.20 bits per heavy atom. The number of fused-ring (bicyclic) bond motifs is 1. The number of aromatic amines is 1. The SMILES string of the molecule is COC(=O)N[C@H](C(=O)N1CCC[C@H]1c1ncc(-c2ccc3cc(-c4ccc(C(=O)CCC(=O)[C@@H]5C[C@@H](c6ccccc6)CN5C(=O)OC(C)(C)C)cc4)ccc3c2)[nH]1)C(C)C. The second kappa shape index (κ2) is 18.1. The number of ketones is 2. The summed E-state index contributed by atoms with van der Waals surface area (Å²) >= 11 is 0. The number of hydrogen-bond acceptors (Lipinski definition) is 8. The van der Waals surface area contributed by atoms with Gasteiger partial charge in [-0.15, -0.1) is 0 Å². The normalized spacial score (nSPS) is 18.3. The van der Waals surface area contributed by atoms with E-state index in [1.807, 2.05) is 62.4 Å². The standard InChI is InChI=1S/C49H55N5O7/c1-30(2)44(52-47(58)60-6)46(57)53-24-10-13-40(53)45-50-28-39(51-45)37-21-20-35-25-34(18-19-36(35)26-37)32-14-16-33(17-15-32)42(55)22-23-43(56)41-27-38(31-11-8-7-9-12-31)29-54(41)48(59)61-49(3,4)5/h7-9,11-12,14-21,25-26,28,30,38,40-41,44H,10,13,22-24,27,29H2,1-6H3,(H,50,51)(H,52,58)/t38-,40+,41+,44+/m1/s1. The van der Waals surface area contributed by atoms with Crippen LogP contribution in [0.5, 0.6) is 0 Å². The van der Waals surface area contributed by atoms with Crippen LogP contribution in [0.3, 0.4) is 0 Å². The number of methoxy groups -OCH3 is 1. The van der Waals surface area contributed by atoms with Gasteiger partial charge in [0.15, 0.2) is 11.6 Å². The van der Waals surface area contributed by atoms with E-state index < -0.39 is 29.9 Å². The van der Waals surface area contributed by atoms with Crippen molar-refractivity contribution in [3.8, 4) is 22.4 Å². The van der Waals surface area contributed by atoms with Crippen LogP contribution in [0.2, 0.25) is 0 Å². The summed E-state index contributed by atoms with van der Waals surface area (Å²) in [5.41, 5.74) is 4.67. The van der Waals surface area contributed by atoms with Crippen molar-refractivity contribution in [2.75, 3.05) is 20.2 Å². The number of carbonyl (C=O) groups excluding carboxylic acids is 5. The zero-order valence-electron chi connectivity index (χ0n) is 35.8. The summed E-state index contributed by atoms with van der Waals surface area (Å²) in [5, 5.41) is 4.79. The van der Waals surface area contributed by atoms with E-state index in [1.165, 1.54) is 12.0 Å². The summed E-state index contributed by atoms with van der Waals surface area (Å²) in [6, 6.07) is 28.2. The van der Waals surface area contributed by atoms with Crippen LogP contribution < -0.4 is 5.32 Å². The minimum absolute atomic E-state index is 0.00391. The zero-order valence-corrected chi connectivity index (χ0v) is 35.8. The van der Waals surface area contributed by atoms with Crippen LogP contribution in [0, 0.1) is 5.92 Å². The van der Waals surface area contributed by atoms with E-state index in [9.17, 15) is 24.0 Å². The number of Topliss-reactive ketones (excluding diaryl/α,β-unsaturated/α-hetero) is 2. The number of aromatic nitrogens is 2. The van der Waals surface area contributed by atoms with E-state index >= 15 is 0 Å². The lowest BCUT2D eigenvalue weighted by molar-refractivity contribution is -0.135. The van der Waals surface area contributed by atoms with Crippen molar-refractivity contribution in [2.24, 2.45) is 5.92 Å². The average Bonchev–Trinajstić information content (AvgIpc) is 4.04. The van der Waals surface area contributed by atoms with Gasteiger partial charge >= 0.3 is 12.2 Å². The molecule has 2 N–H and O–H groups in total. The van der Waals surface area contributed by atoms with Gasteiger partial charge < -0.3 is 24.7 Å². The number of likely N-dealkylation sites (tertiary alicyclic amines) is 2. The Kier molecular flexibility index (Phi) is 12.7. The smallest absolute Gasteiger partial charge is 0.410 e. The first-order chi connectivity index (χ1) is 29.2. The first-order valence-electron chi connectivity index (χ1n) is 21.1. The van der Waals surface area contributed by atoms with E-state index in [1.54, 1.807) is 44.0 Å². The Morgan fingerprint density at radius 1 is 0.852 bits per heavy atom. The molecule has 12 heteroatoms. The molecule has 7 rings (SSSR count). The molecule has 61 heavy (non-hydrogen) atoms. The molecule has 2 aliphatic heterocycles. The highest BCUT2D eigenvalue weighted by Crippen LogP contribution is 2.36. The number of nitrogens with one attached hydrogen (secondary N) is 2. The highest BCUT2D eigenvalue weighted by Gasteiger charge is 2.42. The predicted octanol–water partition coefficient (Wildman–Crippen LogP) is 9.27. The second-order valence-corrected chi connectivity index (χ2v) is 17.5. The van der Waals surface area contributed by atoms with Crippen molar-refractivity contribution in [1.29, 1.82) is 0 Å². The lowest BCUT2D eigenvalue weighted by Crippen LogP contribution is -2.51. The number of amides is 3. The van der Waals surface area contributed by atoms with Gasteiger partial charge in [-0.05, 0) is 85.5 Å². The Labute approximate surface area is 357 Å². The molecule has 0 spiro atoms. The number of rotatable bonds is 12. The summed E-state index contributed by atoms with van der Waals surface area (Å²) in [6.07, 6.45) is 2.83. The Morgan fingerprint density at radius 2 is 1.52 bits per heavy atom. The third-order valence-corrected chi connectivity index (χ3v) is 11.7. The van der Waals surface area contributed by atoms with Crippen molar-refractivity contribution in [3.63, 3.8) is 0 Å². The number of benzene rings is 4. The van der Waals surface area contributed by atoms with Crippen LogP contribution >= 0.6 is 0 Å². The van der Waals surface area contributed by atoms with Gasteiger partial charge in [0.2, 0.25) is 5.91 Å². The summed E-state index contributed by atoms with van der Waals surface area (Å²) in [4.78, 5) is 77.2. The third-order valence-electron chi connectivity index (χ3n) is 11.7. The Balaban J connectivity index is 0.982. The maximum absolute atomic E-state index is 13.6. The number of hydrogen-bond donors (Lipinski definition) is 2. The molecule has 12 nitrogen and oxygen atoms in total. The molecular weight excluding hydrogens is 771 g/mol. The van der Waals surface area contributed by atoms with Crippen molar-refractivity contribution >= 4 is 40.4 Å². The Bertz CT molecular complexity index is 2400. The number of imidazole rings is 1. The molecule has 318 valence electrons. The fraction of sp³-hybridized carbons (Fsp3) is 0.388. The van der Waals surface area contributed by atoms with Crippen LogP contribution in [0.15, 0.2) is 97.2 Å². The summed E-state index contributed by atoms with van der Waals surface area (Å²) in [6.45, 7) is 10.2. The molecule has 0 unspecified atom stereocenters. The average molecular weight is 826 g/mol. The first-order valence-corrected chi connectivity index (χ1v) is 21.1. The number of ether oxygens (including phenoxy) is 2. The first kappa shape index (κ1) is 42.8. The maximum atomic E-state index is 13.6. The predicted molar refractivity (Wildman–Crippen MR) is 234 cm³/mol. The molecule has 3 heterocycles. The van der Waals surface area contributed by atoms with Crippen LogP contribution in [-0.4, -0.2) is 87.3 Å². The molecule has 4 aromatic carbocycles. The van der Waals surface area contributed by atoms with Gasteiger partial charge in [-0.1, -0.05) is 92.7 Å². The van der Waals surface area contributed by atoms with Gasteiger partial charge in [-0.3, -0.25) is 19.3 Å². The maximum Gasteiger partial charge on any atom is 0.410 e. The quantitative estimate of drug-likeness (QED) is 0.118. The van der Waals surface area contributed by atoms with E-state index in [2.05, 4.69) is 40.6 Å². The van der Waals surface area contributed by atoms with Crippen molar-refractivity contribution < 1.29 is 33.4 Å². The summed E-state index contributed by atoms with van der Waals surface area (Å²) in [7, 11) is 1.28. The largest absolute Gasteiger partial charge is 0.453 e. The molecular formula is C49H55N5O7. The molecule has 0 radical (unpaired) electrons. The topological polar surface area (TPSA) is 151 Å².